The Bertz CT molecular complexity index is 998. The van der Waals surface area contributed by atoms with Crippen LogP contribution in [0, 0.1) is 0 Å². The summed E-state index contributed by atoms with van der Waals surface area (Å²) in [5.41, 5.74) is 0.721. The van der Waals surface area contributed by atoms with Crippen molar-refractivity contribution in [3.05, 3.63) is 70.3 Å². The van der Waals surface area contributed by atoms with Gasteiger partial charge in [-0.15, -0.1) is 0 Å². The van der Waals surface area contributed by atoms with E-state index < -0.39 is 23.7 Å². The van der Waals surface area contributed by atoms with Crippen molar-refractivity contribution >= 4 is 35.0 Å². The first-order valence-electron chi connectivity index (χ1n) is 8.73. The maximum absolute atomic E-state index is 12.8. The van der Waals surface area contributed by atoms with Gasteiger partial charge in [0.25, 0.3) is 11.7 Å². The zero-order chi connectivity index (χ0) is 21.1. The van der Waals surface area contributed by atoms with Gasteiger partial charge in [0.05, 0.1) is 25.1 Å². The van der Waals surface area contributed by atoms with Crippen LogP contribution in [-0.2, 0) is 14.4 Å². The lowest BCUT2D eigenvalue weighted by Crippen LogP contribution is -2.31. The molecule has 2 N–H and O–H groups in total. The number of aliphatic hydroxyl groups excluding tert-OH is 1. The van der Waals surface area contributed by atoms with E-state index in [1.165, 1.54) is 19.2 Å². The number of hydrogen-bond acceptors (Lipinski definition) is 5. The van der Waals surface area contributed by atoms with Gasteiger partial charge >= 0.3 is 5.97 Å². The summed E-state index contributed by atoms with van der Waals surface area (Å²) in [5.74, 6) is -2.71. The highest BCUT2D eigenvalue weighted by Gasteiger charge is 2.46. The first kappa shape index (κ1) is 20.4. The fourth-order valence-corrected chi connectivity index (χ4v) is 3.37. The topological polar surface area (TPSA) is 104 Å². The molecule has 1 fully saturated rings. The van der Waals surface area contributed by atoms with E-state index in [0.29, 0.717) is 21.9 Å². The number of aliphatic carboxylic acids is 1. The number of carbonyl (C=O) groups excluding carboxylic acids is 2. The van der Waals surface area contributed by atoms with Crippen LogP contribution in [0.1, 0.15) is 23.6 Å². The fourth-order valence-electron chi connectivity index (χ4n) is 3.25. The van der Waals surface area contributed by atoms with E-state index in [4.69, 9.17) is 21.4 Å². The van der Waals surface area contributed by atoms with Crippen molar-refractivity contribution in [3.63, 3.8) is 0 Å². The number of methoxy groups -OCH3 is 1. The van der Waals surface area contributed by atoms with Crippen molar-refractivity contribution < 1.29 is 29.3 Å². The van der Waals surface area contributed by atoms with Gasteiger partial charge in [0.15, 0.2) is 0 Å². The lowest BCUT2D eigenvalue weighted by atomic mass is 9.95. The van der Waals surface area contributed by atoms with E-state index >= 15 is 0 Å². The van der Waals surface area contributed by atoms with E-state index in [1.54, 1.807) is 36.4 Å². The molecule has 7 nitrogen and oxygen atoms in total. The summed E-state index contributed by atoms with van der Waals surface area (Å²) < 4.78 is 5.22. The number of aliphatic hydroxyl groups is 1. The first-order chi connectivity index (χ1) is 13.8. The molecule has 1 heterocycles. The molecule has 1 saturated heterocycles. The molecule has 8 heteroatoms. The number of hydrogen-bond donors (Lipinski definition) is 2. The number of benzene rings is 2. The van der Waals surface area contributed by atoms with Gasteiger partial charge in [-0.2, -0.15) is 0 Å². The Morgan fingerprint density at radius 3 is 2.45 bits per heavy atom. The van der Waals surface area contributed by atoms with Crippen molar-refractivity contribution in [2.45, 2.75) is 12.5 Å². The lowest BCUT2D eigenvalue weighted by Gasteiger charge is -2.25. The second-order valence-electron chi connectivity index (χ2n) is 6.42. The highest BCUT2D eigenvalue weighted by Crippen LogP contribution is 2.40. The van der Waals surface area contributed by atoms with Crippen LogP contribution in [0.5, 0.6) is 5.75 Å². The van der Waals surface area contributed by atoms with Gasteiger partial charge in [0, 0.05) is 17.1 Å². The largest absolute Gasteiger partial charge is 0.507 e. The summed E-state index contributed by atoms with van der Waals surface area (Å²) in [6, 6.07) is 11.9. The molecule has 2 aromatic carbocycles. The number of amides is 1. The standard InChI is InChI=1S/C21H18ClNO6/c1-29-15-4-2-3-13(11-15)18-17(19(26)12-5-7-14(22)8-6-12)20(27)21(28)23(18)10-9-16(24)25/h2-8,11,18,26H,9-10H2,1H3,(H,24,25)/b19-17+/t18-/m1/s1. The number of carbonyl (C=O) groups is 3. The molecule has 1 amide bonds. The number of nitrogens with zero attached hydrogens (tertiary/aromatic N) is 1. The molecule has 1 aliphatic rings. The van der Waals surface area contributed by atoms with Gasteiger partial charge in [-0.3, -0.25) is 14.4 Å². The Hall–Kier alpha value is -3.32. The highest BCUT2D eigenvalue weighted by molar-refractivity contribution is 6.46. The number of likely N-dealkylation sites (tertiary alicyclic amines) is 1. The molecule has 3 rings (SSSR count). The van der Waals surface area contributed by atoms with Crippen molar-refractivity contribution in [2.75, 3.05) is 13.7 Å². The second-order valence-corrected chi connectivity index (χ2v) is 6.86. The Morgan fingerprint density at radius 2 is 1.83 bits per heavy atom. The molecule has 0 spiro atoms. The van der Waals surface area contributed by atoms with Crippen molar-refractivity contribution in [1.29, 1.82) is 0 Å². The molecule has 0 aliphatic carbocycles. The van der Waals surface area contributed by atoms with Crippen LogP contribution < -0.4 is 4.74 Å². The monoisotopic (exact) mass is 415 g/mol. The van der Waals surface area contributed by atoms with Crippen LogP contribution in [0.25, 0.3) is 5.76 Å². The van der Waals surface area contributed by atoms with E-state index in [1.807, 2.05) is 0 Å². The number of Topliss-reactive ketones (excluding diaryl/α,β-unsaturated/α-hetero) is 1. The molecule has 0 aromatic heterocycles. The van der Waals surface area contributed by atoms with Crippen LogP contribution >= 0.6 is 11.6 Å². The van der Waals surface area contributed by atoms with Gasteiger partial charge in [0.2, 0.25) is 0 Å². The summed E-state index contributed by atoms with van der Waals surface area (Å²) in [5, 5.41) is 20.3. The van der Waals surface area contributed by atoms with Gasteiger partial charge in [-0.1, -0.05) is 23.7 Å². The average molecular weight is 416 g/mol. The SMILES string of the molecule is COc1cccc([C@@H]2/C(=C(\O)c3ccc(Cl)cc3)C(=O)C(=O)N2CCC(=O)O)c1. The van der Waals surface area contributed by atoms with Crippen LogP contribution in [0.15, 0.2) is 54.1 Å². The van der Waals surface area contributed by atoms with E-state index in [-0.39, 0.29) is 24.3 Å². The maximum Gasteiger partial charge on any atom is 0.305 e. The van der Waals surface area contributed by atoms with Crippen molar-refractivity contribution in [1.82, 2.24) is 4.90 Å². The quantitative estimate of drug-likeness (QED) is 0.426. The second kappa shape index (κ2) is 8.36. The molecule has 29 heavy (non-hydrogen) atoms. The van der Waals surface area contributed by atoms with Crippen LogP contribution in [-0.4, -0.2) is 46.4 Å². The predicted molar refractivity (Wildman–Crippen MR) is 106 cm³/mol. The van der Waals surface area contributed by atoms with Crippen LogP contribution in [0.4, 0.5) is 0 Å². The number of carboxylic acid groups (broad SMARTS) is 1. The van der Waals surface area contributed by atoms with Gasteiger partial charge in [-0.05, 0) is 42.0 Å². The average Bonchev–Trinajstić information content (AvgIpc) is 2.97. The Kier molecular flexibility index (Phi) is 5.89. The third-order valence-corrected chi connectivity index (χ3v) is 4.89. The summed E-state index contributed by atoms with van der Waals surface area (Å²) in [7, 11) is 1.48. The summed E-state index contributed by atoms with van der Waals surface area (Å²) >= 11 is 5.88. The number of carboxylic acids is 1. The third kappa shape index (κ3) is 4.09. The molecule has 2 aromatic rings. The molecular weight excluding hydrogens is 398 g/mol. The zero-order valence-corrected chi connectivity index (χ0v) is 16.2. The number of rotatable bonds is 6. The third-order valence-electron chi connectivity index (χ3n) is 4.63. The van der Waals surface area contributed by atoms with E-state index in [0.717, 1.165) is 4.90 Å². The predicted octanol–water partition coefficient (Wildman–Crippen LogP) is 3.25. The normalized spacial score (nSPS) is 18.1. The molecular formula is C21H18ClNO6. The van der Waals surface area contributed by atoms with E-state index in [2.05, 4.69) is 0 Å². The number of ether oxygens (including phenoxy) is 1. The van der Waals surface area contributed by atoms with Crippen molar-refractivity contribution in [2.24, 2.45) is 0 Å². The highest BCUT2D eigenvalue weighted by atomic mass is 35.5. The number of halogens is 1. The molecule has 0 saturated carbocycles. The Labute approximate surface area is 171 Å². The molecule has 0 radical (unpaired) electrons. The molecule has 1 atom stereocenters. The minimum Gasteiger partial charge on any atom is -0.507 e. The first-order valence-corrected chi connectivity index (χ1v) is 9.11. The van der Waals surface area contributed by atoms with Crippen molar-refractivity contribution in [3.8, 4) is 5.75 Å². The lowest BCUT2D eigenvalue weighted by molar-refractivity contribution is -0.142. The van der Waals surface area contributed by atoms with Gasteiger partial charge in [0.1, 0.15) is 11.5 Å². The molecule has 0 bridgehead atoms. The maximum atomic E-state index is 12.8. The Balaban J connectivity index is 2.16. The smallest absolute Gasteiger partial charge is 0.305 e. The number of ketones is 1. The van der Waals surface area contributed by atoms with Gasteiger partial charge in [-0.25, -0.2) is 0 Å². The van der Waals surface area contributed by atoms with Crippen LogP contribution in [0.2, 0.25) is 5.02 Å². The van der Waals surface area contributed by atoms with E-state index in [9.17, 15) is 19.5 Å². The molecule has 1 aliphatic heterocycles. The minimum atomic E-state index is -1.10. The summed E-state index contributed by atoms with van der Waals surface area (Å²) in [6.45, 7) is -0.181. The summed E-state index contributed by atoms with van der Waals surface area (Å²) in [4.78, 5) is 37.6. The Morgan fingerprint density at radius 1 is 1.14 bits per heavy atom. The van der Waals surface area contributed by atoms with Gasteiger partial charge < -0.3 is 19.8 Å². The minimum absolute atomic E-state index is 0.115. The summed E-state index contributed by atoms with van der Waals surface area (Å²) in [6.07, 6.45) is -0.339. The van der Waals surface area contributed by atoms with Crippen LogP contribution in [0.3, 0.4) is 0 Å². The zero-order valence-electron chi connectivity index (χ0n) is 15.5. The molecule has 150 valence electrons. The molecule has 0 unspecified atom stereocenters. The fraction of sp³-hybridized carbons (Fsp3) is 0.190.